The van der Waals surface area contributed by atoms with Gasteiger partial charge < -0.3 is 20.1 Å². The molecule has 4 aromatic rings. The molecule has 13 heteroatoms. The van der Waals surface area contributed by atoms with Crippen LogP contribution in [0.15, 0.2) is 79.3 Å². The highest BCUT2D eigenvalue weighted by atomic mass is 19.4. The number of rotatable bonds is 13. The smallest absolute Gasteiger partial charge is 0.416 e. The lowest BCUT2D eigenvalue weighted by Gasteiger charge is -2.35. The third kappa shape index (κ3) is 10.2. The van der Waals surface area contributed by atoms with Gasteiger partial charge in [0.25, 0.3) is 5.91 Å². The molecule has 1 unspecified atom stereocenters. The van der Waals surface area contributed by atoms with Crippen molar-refractivity contribution in [1.82, 2.24) is 19.9 Å². The fourth-order valence-electron chi connectivity index (χ4n) is 7.84. The number of carboxylic acid groups (broad SMARTS) is 1. The minimum atomic E-state index is -4.70. The maximum absolute atomic E-state index is 13.6. The van der Waals surface area contributed by atoms with Crippen molar-refractivity contribution in [2.45, 2.75) is 77.4 Å². The van der Waals surface area contributed by atoms with E-state index in [0.29, 0.717) is 11.4 Å². The van der Waals surface area contributed by atoms with E-state index in [-0.39, 0.29) is 29.2 Å². The van der Waals surface area contributed by atoms with Crippen LogP contribution in [0, 0.1) is 17.8 Å². The molecule has 6 rings (SSSR count). The normalized spacial score (nSPS) is 18.4. The van der Waals surface area contributed by atoms with Crippen molar-refractivity contribution in [1.29, 1.82) is 0 Å². The number of carbonyl (C=O) groups excluding carboxylic acids is 2. The number of allylic oxidation sites excluding steroid dienone is 2. The fourth-order valence-corrected chi connectivity index (χ4v) is 7.84. The first kappa shape index (κ1) is 40.1. The van der Waals surface area contributed by atoms with Crippen LogP contribution in [0.25, 0.3) is 17.0 Å². The number of carboxylic acids is 1. The molecule has 2 aromatic carbocycles. The van der Waals surface area contributed by atoms with Crippen LogP contribution >= 0.6 is 0 Å². The Kier molecular flexibility index (Phi) is 12.8. The number of aromatic nitrogens is 3. The highest BCUT2D eigenvalue weighted by Crippen LogP contribution is 2.42. The van der Waals surface area contributed by atoms with E-state index >= 15 is 0 Å². The molecule has 0 bridgehead atoms. The number of pyridine rings is 1. The van der Waals surface area contributed by atoms with Gasteiger partial charge in [-0.3, -0.25) is 14.4 Å². The van der Waals surface area contributed by atoms with Gasteiger partial charge in [0.2, 0.25) is 5.91 Å². The van der Waals surface area contributed by atoms with Gasteiger partial charge in [0.05, 0.1) is 24.7 Å². The van der Waals surface area contributed by atoms with Crippen LogP contribution in [0.5, 0.6) is 5.75 Å². The van der Waals surface area contributed by atoms with E-state index in [9.17, 15) is 32.7 Å². The molecule has 1 saturated carbocycles. The van der Waals surface area contributed by atoms with E-state index < -0.39 is 42.5 Å². The van der Waals surface area contributed by atoms with Gasteiger partial charge in [-0.25, -0.2) is 15.0 Å². The summed E-state index contributed by atoms with van der Waals surface area (Å²) in [5.41, 5.74) is 2.63. The number of halogens is 3. The quantitative estimate of drug-likeness (QED) is 0.138. The topological polar surface area (TPSA) is 135 Å². The average Bonchev–Trinajstić information content (AvgIpc) is 3.20. The molecule has 2 aliphatic rings. The maximum Gasteiger partial charge on any atom is 0.416 e. The van der Waals surface area contributed by atoms with E-state index in [4.69, 9.17) is 4.74 Å². The SMILES string of the molecule is CCC1CCC(C2CC=C(c3cnc(-c4ccc(CN(CC(=O)O)C(=O)c5ccc(NC(=O)Cc6ccc(OC)cc6C(F)(F)F)nc5)cc4)nc3)CC2)CC1. The number of aliphatic carboxylic acids is 1. The molecule has 2 aliphatic carbocycles. The molecule has 0 aliphatic heterocycles. The Hall–Kier alpha value is -5.59. The number of nitrogens with one attached hydrogen (secondary N) is 1. The monoisotopic (exact) mass is 769 g/mol. The molecule has 0 saturated heterocycles. The number of ether oxygens (including phenoxy) is 1. The first-order valence-electron chi connectivity index (χ1n) is 19.0. The molecule has 56 heavy (non-hydrogen) atoms. The van der Waals surface area contributed by atoms with Crippen LogP contribution in [0.4, 0.5) is 19.0 Å². The molecule has 0 spiro atoms. The summed E-state index contributed by atoms with van der Waals surface area (Å²) >= 11 is 0. The van der Waals surface area contributed by atoms with Gasteiger partial charge in [0.15, 0.2) is 5.82 Å². The molecule has 2 aromatic heterocycles. The van der Waals surface area contributed by atoms with Crippen molar-refractivity contribution in [2.75, 3.05) is 19.0 Å². The van der Waals surface area contributed by atoms with Gasteiger partial charge >= 0.3 is 12.1 Å². The average molecular weight is 770 g/mol. The number of benzene rings is 2. The molecule has 2 amide bonds. The first-order chi connectivity index (χ1) is 26.9. The number of methoxy groups -OCH3 is 1. The van der Waals surface area contributed by atoms with Gasteiger partial charge in [0, 0.05) is 36.3 Å². The molecular formula is C43H46F3N5O5. The van der Waals surface area contributed by atoms with Gasteiger partial charge in [-0.1, -0.05) is 62.6 Å². The van der Waals surface area contributed by atoms with Crippen molar-refractivity contribution >= 4 is 29.2 Å². The molecule has 2 N–H and O–H groups in total. The molecule has 2 heterocycles. The summed E-state index contributed by atoms with van der Waals surface area (Å²) in [6.45, 7) is 1.72. The zero-order valence-electron chi connectivity index (χ0n) is 31.5. The summed E-state index contributed by atoms with van der Waals surface area (Å²) in [4.78, 5) is 52.3. The summed E-state index contributed by atoms with van der Waals surface area (Å²) in [6, 6.07) is 13.2. The number of anilines is 1. The van der Waals surface area contributed by atoms with Crippen molar-refractivity contribution in [3.63, 3.8) is 0 Å². The lowest BCUT2D eigenvalue weighted by Crippen LogP contribution is -2.35. The summed E-state index contributed by atoms with van der Waals surface area (Å²) < 4.78 is 45.6. The fraction of sp³-hybridized carbons (Fsp3) is 0.395. The van der Waals surface area contributed by atoms with Crippen molar-refractivity contribution in [3.05, 3.63) is 107 Å². The lowest BCUT2D eigenvalue weighted by atomic mass is 9.71. The third-order valence-corrected chi connectivity index (χ3v) is 11.1. The number of hydrogen-bond acceptors (Lipinski definition) is 7. The molecule has 1 fully saturated rings. The van der Waals surface area contributed by atoms with Gasteiger partial charge in [-0.05, 0) is 90.8 Å². The Labute approximate surface area is 324 Å². The lowest BCUT2D eigenvalue weighted by molar-refractivity contribution is -0.139. The Morgan fingerprint density at radius 2 is 1.62 bits per heavy atom. The molecule has 294 valence electrons. The Morgan fingerprint density at radius 3 is 2.21 bits per heavy atom. The van der Waals surface area contributed by atoms with E-state index in [1.165, 1.54) is 81.7 Å². The maximum atomic E-state index is 13.6. The first-order valence-corrected chi connectivity index (χ1v) is 19.0. The zero-order chi connectivity index (χ0) is 39.8. The van der Waals surface area contributed by atoms with Crippen LogP contribution in [0.1, 0.15) is 90.9 Å². The summed E-state index contributed by atoms with van der Waals surface area (Å²) in [5.74, 6) is 0.533. The van der Waals surface area contributed by atoms with E-state index in [2.05, 4.69) is 33.3 Å². The molecule has 10 nitrogen and oxygen atoms in total. The summed E-state index contributed by atoms with van der Waals surface area (Å²) in [7, 11) is 1.25. The summed E-state index contributed by atoms with van der Waals surface area (Å²) in [5, 5.41) is 12.0. The second kappa shape index (κ2) is 17.9. The molecule has 1 atom stereocenters. The van der Waals surface area contributed by atoms with Gasteiger partial charge in [-0.2, -0.15) is 13.2 Å². The predicted octanol–water partition coefficient (Wildman–Crippen LogP) is 8.87. The van der Waals surface area contributed by atoms with Crippen molar-refractivity contribution in [2.24, 2.45) is 17.8 Å². The van der Waals surface area contributed by atoms with Crippen molar-refractivity contribution in [3.8, 4) is 17.1 Å². The minimum Gasteiger partial charge on any atom is -0.497 e. The number of nitrogens with zero attached hydrogens (tertiary/aromatic N) is 4. The van der Waals surface area contributed by atoms with E-state index in [0.717, 1.165) is 52.7 Å². The van der Waals surface area contributed by atoms with Gasteiger partial charge in [-0.15, -0.1) is 0 Å². The second-order valence-electron chi connectivity index (χ2n) is 14.7. The highest BCUT2D eigenvalue weighted by Gasteiger charge is 2.34. The largest absolute Gasteiger partial charge is 0.497 e. The Bertz CT molecular complexity index is 2030. The highest BCUT2D eigenvalue weighted by molar-refractivity contribution is 5.96. The third-order valence-electron chi connectivity index (χ3n) is 11.1. The Morgan fingerprint density at radius 1 is 0.893 bits per heavy atom. The van der Waals surface area contributed by atoms with E-state index in [1.807, 2.05) is 24.5 Å². The van der Waals surface area contributed by atoms with Crippen LogP contribution in [0.3, 0.4) is 0 Å². The standard InChI is InChI=1S/C43H46F3N5O5/c1-3-27-4-8-29(9-5-27)30-12-14-31(15-13-30)35-23-48-41(49-24-35)32-10-6-28(7-11-32)25-51(26-40(53)54)42(55)34-17-19-38(47-22-34)50-39(52)20-33-16-18-36(56-2)21-37(33)43(44,45)46/h6-7,10-11,14,16-19,21-24,27,29-30H,3-5,8-9,12-13,15,20,25-26H2,1-2H3,(H,53,54)(H,47,50,52). The predicted molar refractivity (Wildman–Crippen MR) is 205 cm³/mol. The number of amides is 2. The molecular weight excluding hydrogens is 723 g/mol. The number of carbonyl (C=O) groups is 3. The van der Waals surface area contributed by atoms with E-state index in [1.54, 1.807) is 12.1 Å². The van der Waals surface area contributed by atoms with Gasteiger partial charge in [0.1, 0.15) is 18.1 Å². The van der Waals surface area contributed by atoms with Crippen molar-refractivity contribution < 1.29 is 37.4 Å². The zero-order valence-corrected chi connectivity index (χ0v) is 31.5. The Balaban J connectivity index is 1.04. The minimum absolute atomic E-state index is 0.00676. The number of hydrogen-bond donors (Lipinski definition) is 2. The van der Waals surface area contributed by atoms with Crippen LogP contribution in [-0.4, -0.2) is 56.4 Å². The molecule has 0 radical (unpaired) electrons. The second-order valence-corrected chi connectivity index (χ2v) is 14.7. The number of alkyl halides is 3. The van der Waals surface area contributed by atoms with Crippen LogP contribution in [-0.2, 0) is 28.7 Å². The van der Waals surface area contributed by atoms with Crippen LogP contribution in [0.2, 0.25) is 0 Å². The van der Waals surface area contributed by atoms with Crippen LogP contribution < -0.4 is 10.1 Å². The summed E-state index contributed by atoms with van der Waals surface area (Å²) in [6.07, 6.45) is 12.2.